The quantitative estimate of drug-likeness (QED) is 0.801. The Labute approximate surface area is 129 Å². The maximum absolute atomic E-state index is 12.1. The molecule has 1 aromatic carbocycles. The van der Waals surface area contributed by atoms with E-state index in [1.54, 1.807) is 24.5 Å². The van der Waals surface area contributed by atoms with Gasteiger partial charge in [0.05, 0.1) is 11.6 Å². The van der Waals surface area contributed by atoms with Gasteiger partial charge in [-0.25, -0.2) is 0 Å². The molecule has 0 aliphatic heterocycles. The van der Waals surface area contributed by atoms with E-state index in [4.69, 9.17) is 0 Å². The summed E-state index contributed by atoms with van der Waals surface area (Å²) in [6, 6.07) is 15.6. The number of hydrogen-bond donors (Lipinski definition) is 1. The zero-order valence-corrected chi connectivity index (χ0v) is 12.3. The highest BCUT2D eigenvalue weighted by molar-refractivity contribution is 5.94. The molecule has 0 saturated heterocycles. The molecule has 0 radical (unpaired) electrons. The van der Waals surface area contributed by atoms with E-state index in [-0.39, 0.29) is 11.9 Å². The van der Waals surface area contributed by atoms with E-state index in [1.807, 2.05) is 60.3 Å². The molecular formula is C18H17N3O. The normalized spacial score (nSPS) is 11.9. The molecule has 1 N–H and O–H groups in total. The number of rotatable bonds is 4. The lowest BCUT2D eigenvalue weighted by Gasteiger charge is -2.15. The molecule has 0 fully saturated rings. The number of hydrogen-bond acceptors (Lipinski definition) is 2. The third kappa shape index (κ3) is 3.06. The lowest BCUT2D eigenvalue weighted by molar-refractivity contribution is 0.0939. The number of pyridine rings is 1. The van der Waals surface area contributed by atoms with Crippen molar-refractivity contribution in [3.63, 3.8) is 0 Å². The minimum absolute atomic E-state index is 0.0635. The topological polar surface area (TPSA) is 46.9 Å². The summed E-state index contributed by atoms with van der Waals surface area (Å²) in [4.78, 5) is 16.1. The molecule has 4 nitrogen and oxygen atoms in total. The van der Waals surface area contributed by atoms with Gasteiger partial charge >= 0.3 is 0 Å². The zero-order chi connectivity index (χ0) is 15.4. The van der Waals surface area contributed by atoms with E-state index in [2.05, 4.69) is 10.3 Å². The van der Waals surface area contributed by atoms with Crippen LogP contribution in [-0.2, 0) is 0 Å². The highest BCUT2D eigenvalue weighted by atomic mass is 16.1. The molecule has 2 aromatic heterocycles. The highest BCUT2D eigenvalue weighted by Gasteiger charge is 2.11. The molecule has 3 aromatic rings. The van der Waals surface area contributed by atoms with Crippen LogP contribution in [0.2, 0.25) is 0 Å². The minimum atomic E-state index is -0.116. The van der Waals surface area contributed by atoms with Crippen LogP contribution in [0, 0.1) is 0 Å². The smallest absolute Gasteiger partial charge is 0.253 e. The molecular weight excluding hydrogens is 274 g/mol. The van der Waals surface area contributed by atoms with Crippen molar-refractivity contribution < 1.29 is 4.79 Å². The first kappa shape index (κ1) is 14.1. The summed E-state index contributed by atoms with van der Waals surface area (Å²) in [5.74, 6) is -0.116. The van der Waals surface area contributed by atoms with Gasteiger partial charge in [-0.3, -0.25) is 9.78 Å². The maximum Gasteiger partial charge on any atom is 0.253 e. The van der Waals surface area contributed by atoms with Crippen molar-refractivity contribution in [2.75, 3.05) is 0 Å². The lowest BCUT2D eigenvalue weighted by Crippen LogP contribution is -2.26. The molecule has 0 bridgehead atoms. The monoisotopic (exact) mass is 291 g/mol. The molecule has 1 amide bonds. The van der Waals surface area contributed by atoms with E-state index in [0.29, 0.717) is 5.56 Å². The fourth-order valence-electron chi connectivity index (χ4n) is 2.30. The molecule has 1 atom stereocenters. The Hall–Kier alpha value is -2.88. The van der Waals surface area contributed by atoms with Gasteiger partial charge in [0.25, 0.3) is 5.91 Å². The van der Waals surface area contributed by atoms with Crippen LogP contribution in [0.3, 0.4) is 0 Å². The molecule has 22 heavy (non-hydrogen) atoms. The zero-order valence-electron chi connectivity index (χ0n) is 12.3. The van der Waals surface area contributed by atoms with Gasteiger partial charge < -0.3 is 9.88 Å². The Bertz CT molecular complexity index is 734. The van der Waals surface area contributed by atoms with Crippen molar-refractivity contribution in [3.8, 4) is 5.69 Å². The van der Waals surface area contributed by atoms with Crippen LogP contribution >= 0.6 is 0 Å². The largest absolute Gasteiger partial charge is 0.345 e. The SMILES string of the molecule is C[C@H](NC(=O)c1cccnc1)c1ccc(-n2cccc2)cc1. The average molecular weight is 291 g/mol. The van der Waals surface area contributed by atoms with E-state index in [0.717, 1.165) is 11.3 Å². The number of aromatic nitrogens is 2. The van der Waals surface area contributed by atoms with Gasteiger partial charge in [0.2, 0.25) is 0 Å². The average Bonchev–Trinajstić information content (AvgIpc) is 3.10. The van der Waals surface area contributed by atoms with Crippen LogP contribution in [0.5, 0.6) is 0 Å². The lowest BCUT2D eigenvalue weighted by atomic mass is 10.1. The molecule has 0 unspecified atom stereocenters. The summed E-state index contributed by atoms with van der Waals surface area (Å²) in [7, 11) is 0. The van der Waals surface area contributed by atoms with Crippen molar-refractivity contribution in [2.24, 2.45) is 0 Å². The molecule has 3 rings (SSSR count). The predicted octanol–water partition coefficient (Wildman–Crippen LogP) is 3.36. The fraction of sp³-hybridized carbons (Fsp3) is 0.111. The van der Waals surface area contributed by atoms with Crippen LogP contribution in [0.4, 0.5) is 0 Å². The van der Waals surface area contributed by atoms with Gasteiger partial charge in [0.15, 0.2) is 0 Å². The molecule has 0 aliphatic rings. The Balaban J connectivity index is 1.70. The van der Waals surface area contributed by atoms with E-state index in [9.17, 15) is 4.79 Å². The summed E-state index contributed by atoms with van der Waals surface area (Å²) in [5.41, 5.74) is 2.73. The second-order valence-electron chi connectivity index (χ2n) is 5.12. The van der Waals surface area contributed by atoms with Crippen molar-refractivity contribution in [1.82, 2.24) is 14.9 Å². The van der Waals surface area contributed by atoms with Gasteiger partial charge in [-0.2, -0.15) is 0 Å². The molecule has 0 saturated carbocycles. The Kier molecular flexibility index (Phi) is 4.01. The van der Waals surface area contributed by atoms with Crippen LogP contribution < -0.4 is 5.32 Å². The van der Waals surface area contributed by atoms with E-state index in [1.165, 1.54) is 0 Å². The van der Waals surface area contributed by atoms with Crippen molar-refractivity contribution in [2.45, 2.75) is 13.0 Å². The Morgan fingerprint density at radius 2 is 1.82 bits per heavy atom. The second-order valence-corrected chi connectivity index (χ2v) is 5.12. The van der Waals surface area contributed by atoms with Crippen molar-refractivity contribution in [1.29, 1.82) is 0 Å². The summed E-state index contributed by atoms with van der Waals surface area (Å²) < 4.78 is 2.04. The van der Waals surface area contributed by atoms with Gasteiger partial charge in [-0.15, -0.1) is 0 Å². The number of nitrogens with one attached hydrogen (secondary N) is 1. The van der Waals surface area contributed by atoms with Gasteiger partial charge in [-0.1, -0.05) is 12.1 Å². The Morgan fingerprint density at radius 3 is 2.45 bits per heavy atom. The number of amides is 1. The van der Waals surface area contributed by atoms with Crippen LogP contribution in [0.1, 0.15) is 28.9 Å². The first-order valence-electron chi connectivity index (χ1n) is 7.18. The highest BCUT2D eigenvalue weighted by Crippen LogP contribution is 2.16. The molecule has 110 valence electrons. The minimum Gasteiger partial charge on any atom is -0.345 e. The van der Waals surface area contributed by atoms with Gasteiger partial charge in [0.1, 0.15) is 0 Å². The van der Waals surface area contributed by atoms with E-state index < -0.39 is 0 Å². The summed E-state index contributed by atoms with van der Waals surface area (Å²) in [6.07, 6.45) is 7.22. The van der Waals surface area contributed by atoms with E-state index >= 15 is 0 Å². The van der Waals surface area contributed by atoms with Crippen molar-refractivity contribution >= 4 is 5.91 Å². The standard InChI is InChI=1S/C18H17N3O/c1-14(20-18(22)16-5-4-10-19-13-16)15-6-8-17(9-7-15)21-11-2-3-12-21/h2-14H,1H3,(H,20,22)/t14-/m0/s1. The van der Waals surface area contributed by atoms with Crippen molar-refractivity contribution in [3.05, 3.63) is 84.4 Å². The molecule has 0 spiro atoms. The van der Waals surface area contributed by atoms with Gasteiger partial charge in [0, 0.05) is 30.5 Å². The van der Waals surface area contributed by atoms with Gasteiger partial charge in [-0.05, 0) is 48.9 Å². The summed E-state index contributed by atoms with van der Waals surface area (Å²) in [5, 5.41) is 2.98. The fourth-order valence-corrected chi connectivity index (χ4v) is 2.30. The number of benzene rings is 1. The number of carbonyl (C=O) groups excluding carboxylic acids is 1. The molecule has 2 heterocycles. The van der Waals surface area contributed by atoms with Crippen LogP contribution in [0.15, 0.2) is 73.3 Å². The van der Waals surface area contributed by atoms with Crippen LogP contribution in [0.25, 0.3) is 5.69 Å². The number of carbonyl (C=O) groups is 1. The molecule has 4 heteroatoms. The maximum atomic E-state index is 12.1. The third-order valence-electron chi connectivity index (χ3n) is 3.57. The molecule has 0 aliphatic carbocycles. The summed E-state index contributed by atoms with van der Waals surface area (Å²) in [6.45, 7) is 1.97. The first-order chi connectivity index (χ1) is 10.7. The predicted molar refractivity (Wildman–Crippen MR) is 85.9 cm³/mol. The Morgan fingerprint density at radius 1 is 1.09 bits per heavy atom. The summed E-state index contributed by atoms with van der Waals surface area (Å²) >= 11 is 0. The number of nitrogens with zero attached hydrogens (tertiary/aromatic N) is 2. The first-order valence-corrected chi connectivity index (χ1v) is 7.18. The third-order valence-corrected chi connectivity index (χ3v) is 3.57. The van der Waals surface area contributed by atoms with Crippen LogP contribution in [-0.4, -0.2) is 15.5 Å². The second kappa shape index (κ2) is 6.26.